The highest BCUT2D eigenvalue weighted by atomic mass is 35.5. The lowest BCUT2D eigenvalue weighted by atomic mass is 9.95. The van der Waals surface area contributed by atoms with Crippen molar-refractivity contribution in [2.45, 2.75) is 6.04 Å². The SMILES string of the molecule is O=C1C(=O)N(c2ncccn2)[C@@H](c2ccccc2Cl)/C1=C(\O)c1ccccc1. The van der Waals surface area contributed by atoms with Gasteiger partial charge in [-0.1, -0.05) is 60.1 Å². The topological polar surface area (TPSA) is 83.4 Å². The van der Waals surface area contributed by atoms with Gasteiger partial charge in [0, 0.05) is 23.0 Å². The summed E-state index contributed by atoms with van der Waals surface area (Å²) in [4.78, 5) is 35.1. The zero-order valence-corrected chi connectivity index (χ0v) is 15.2. The molecule has 28 heavy (non-hydrogen) atoms. The molecule has 6 nitrogen and oxygen atoms in total. The first-order valence-corrected chi connectivity index (χ1v) is 8.85. The summed E-state index contributed by atoms with van der Waals surface area (Å²) in [5.74, 6) is -1.86. The van der Waals surface area contributed by atoms with Crippen LogP contribution in [0, 0.1) is 0 Å². The van der Waals surface area contributed by atoms with Crippen molar-refractivity contribution in [3.05, 3.63) is 94.8 Å². The van der Waals surface area contributed by atoms with Gasteiger partial charge in [-0.3, -0.25) is 14.5 Å². The van der Waals surface area contributed by atoms with Gasteiger partial charge in [0.05, 0.1) is 11.6 Å². The lowest BCUT2D eigenvalue weighted by Crippen LogP contribution is -2.31. The lowest BCUT2D eigenvalue weighted by Gasteiger charge is -2.24. The molecule has 1 aliphatic rings. The molecule has 3 aromatic rings. The number of aromatic nitrogens is 2. The number of carbonyl (C=O) groups excluding carboxylic acids is 2. The third-order valence-electron chi connectivity index (χ3n) is 4.46. The molecular weight excluding hydrogens is 378 g/mol. The summed E-state index contributed by atoms with van der Waals surface area (Å²) in [6.07, 6.45) is 2.95. The molecule has 7 heteroatoms. The first kappa shape index (κ1) is 17.9. The highest BCUT2D eigenvalue weighted by molar-refractivity contribution is 6.51. The third-order valence-corrected chi connectivity index (χ3v) is 4.80. The second-order valence-electron chi connectivity index (χ2n) is 6.11. The van der Waals surface area contributed by atoms with Crippen molar-refractivity contribution in [3.63, 3.8) is 0 Å². The Labute approximate surface area is 165 Å². The lowest BCUT2D eigenvalue weighted by molar-refractivity contribution is -0.132. The van der Waals surface area contributed by atoms with Crippen LogP contribution >= 0.6 is 11.6 Å². The molecule has 1 atom stereocenters. The van der Waals surface area contributed by atoms with Gasteiger partial charge >= 0.3 is 5.91 Å². The van der Waals surface area contributed by atoms with Crippen molar-refractivity contribution in [1.29, 1.82) is 0 Å². The van der Waals surface area contributed by atoms with E-state index in [1.165, 1.54) is 12.4 Å². The standard InChI is InChI=1S/C21H14ClN3O3/c22-15-10-5-4-9-14(15)17-16(18(26)13-7-2-1-3-8-13)19(27)20(28)25(17)21-23-11-6-12-24-21/h1-12,17,26H/b18-16+/t17-/m0/s1. The Balaban J connectivity index is 1.98. The number of nitrogens with zero attached hydrogens (tertiary/aromatic N) is 3. The van der Waals surface area contributed by atoms with Crippen LogP contribution in [0.2, 0.25) is 5.02 Å². The molecule has 2 aromatic carbocycles. The molecular formula is C21H14ClN3O3. The summed E-state index contributed by atoms with van der Waals surface area (Å²) in [5, 5.41) is 11.2. The number of aliphatic hydroxyl groups is 1. The van der Waals surface area contributed by atoms with Crippen LogP contribution in [-0.4, -0.2) is 26.8 Å². The molecule has 1 saturated heterocycles. The molecule has 4 rings (SSSR count). The molecule has 0 saturated carbocycles. The van der Waals surface area contributed by atoms with Gasteiger partial charge in [0.1, 0.15) is 5.76 Å². The predicted octanol–water partition coefficient (Wildman–Crippen LogP) is 3.76. The molecule has 0 aliphatic carbocycles. The Hall–Kier alpha value is -3.51. The molecule has 1 aliphatic heterocycles. The fourth-order valence-electron chi connectivity index (χ4n) is 3.20. The maximum Gasteiger partial charge on any atom is 0.302 e. The Bertz CT molecular complexity index is 1080. The van der Waals surface area contributed by atoms with E-state index in [1.54, 1.807) is 60.7 Å². The monoisotopic (exact) mass is 391 g/mol. The maximum atomic E-state index is 12.9. The fraction of sp³-hybridized carbons (Fsp3) is 0.0476. The number of ketones is 1. The number of carbonyl (C=O) groups is 2. The van der Waals surface area contributed by atoms with Crippen LogP contribution in [0.15, 0.2) is 78.6 Å². The van der Waals surface area contributed by atoms with Gasteiger partial charge < -0.3 is 5.11 Å². The largest absolute Gasteiger partial charge is 0.507 e. The molecule has 1 aromatic heterocycles. The van der Waals surface area contributed by atoms with E-state index < -0.39 is 17.7 Å². The van der Waals surface area contributed by atoms with E-state index in [1.807, 2.05) is 0 Å². The van der Waals surface area contributed by atoms with Gasteiger partial charge in [-0.05, 0) is 17.7 Å². The Kier molecular flexibility index (Phi) is 4.63. The van der Waals surface area contributed by atoms with Crippen LogP contribution in [-0.2, 0) is 9.59 Å². The highest BCUT2D eigenvalue weighted by Gasteiger charge is 2.48. The Morgan fingerprint density at radius 1 is 0.929 bits per heavy atom. The molecule has 0 unspecified atom stereocenters. The quantitative estimate of drug-likeness (QED) is 0.417. The van der Waals surface area contributed by atoms with E-state index in [0.717, 1.165) is 4.90 Å². The van der Waals surface area contributed by atoms with Crippen molar-refractivity contribution in [1.82, 2.24) is 9.97 Å². The van der Waals surface area contributed by atoms with Gasteiger partial charge in [0.15, 0.2) is 0 Å². The van der Waals surface area contributed by atoms with Gasteiger partial charge in [-0.2, -0.15) is 0 Å². The second-order valence-corrected chi connectivity index (χ2v) is 6.51. The van der Waals surface area contributed by atoms with Crippen LogP contribution < -0.4 is 4.90 Å². The number of anilines is 1. The minimum absolute atomic E-state index is 0.0571. The van der Waals surface area contributed by atoms with Gasteiger partial charge in [-0.25, -0.2) is 9.97 Å². The van der Waals surface area contributed by atoms with Crippen molar-refractivity contribution < 1.29 is 14.7 Å². The van der Waals surface area contributed by atoms with Crippen molar-refractivity contribution in [2.75, 3.05) is 4.90 Å². The zero-order valence-electron chi connectivity index (χ0n) is 14.5. The maximum absolute atomic E-state index is 12.9. The smallest absolute Gasteiger partial charge is 0.302 e. The highest BCUT2D eigenvalue weighted by Crippen LogP contribution is 2.42. The average molecular weight is 392 g/mol. The molecule has 138 valence electrons. The molecule has 1 N–H and O–H groups in total. The van der Waals surface area contributed by atoms with E-state index in [4.69, 9.17) is 11.6 Å². The van der Waals surface area contributed by atoms with Gasteiger partial charge in [0.2, 0.25) is 5.95 Å². The summed E-state index contributed by atoms with van der Waals surface area (Å²) < 4.78 is 0. The first-order chi connectivity index (χ1) is 13.6. The number of Topliss-reactive ketones (excluding diaryl/α,β-unsaturated/α-hetero) is 1. The Morgan fingerprint density at radius 2 is 1.57 bits per heavy atom. The first-order valence-electron chi connectivity index (χ1n) is 8.47. The minimum Gasteiger partial charge on any atom is -0.507 e. The fourth-order valence-corrected chi connectivity index (χ4v) is 3.44. The molecule has 0 radical (unpaired) electrons. The number of benzene rings is 2. The van der Waals surface area contributed by atoms with E-state index in [2.05, 4.69) is 9.97 Å². The van der Waals surface area contributed by atoms with Crippen molar-refractivity contribution in [3.8, 4) is 0 Å². The minimum atomic E-state index is -0.948. The van der Waals surface area contributed by atoms with E-state index in [0.29, 0.717) is 16.1 Å². The van der Waals surface area contributed by atoms with E-state index in [-0.39, 0.29) is 17.3 Å². The van der Waals surface area contributed by atoms with Crippen molar-refractivity contribution in [2.24, 2.45) is 0 Å². The summed E-state index contributed by atoms with van der Waals surface area (Å²) in [6, 6.07) is 16.1. The molecule has 0 spiro atoms. The van der Waals surface area contributed by atoms with Crippen LogP contribution in [0.3, 0.4) is 0 Å². The number of halogens is 1. The van der Waals surface area contributed by atoms with Crippen LogP contribution in [0.5, 0.6) is 0 Å². The molecule has 2 heterocycles. The predicted molar refractivity (Wildman–Crippen MR) is 105 cm³/mol. The second kappa shape index (κ2) is 7.25. The summed E-state index contributed by atoms with van der Waals surface area (Å²) >= 11 is 6.37. The summed E-state index contributed by atoms with van der Waals surface area (Å²) in [6.45, 7) is 0. The number of hydrogen-bond donors (Lipinski definition) is 1. The van der Waals surface area contributed by atoms with E-state index in [9.17, 15) is 14.7 Å². The van der Waals surface area contributed by atoms with Gasteiger partial charge in [-0.15, -0.1) is 0 Å². The Morgan fingerprint density at radius 3 is 2.25 bits per heavy atom. The molecule has 0 bridgehead atoms. The van der Waals surface area contributed by atoms with Crippen LogP contribution in [0.4, 0.5) is 5.95 Å². The third kappa shape index (κ3) is 2.93. The van der Waals surface area contributed by atoms with Crippen LogP contribution in [0.25, 0.3) is 5.76 Å². The number of rotatable bonds is 3. The molecule has 1 amide bonds. The van der Waals surface area contributed by atoms with Crippen LogP contribution in [0.1, 0.15) is 17.2 Å². The molecule has 1 fully saturated rings. The number of hydrogen-bond acceptors (Lipinski definition) is 5. The summed E-state index contributed by atoms with van der Waals surface area (Å²) in [5.41, 5.74) is 0.858. The number of aliphatic hydroxyl groups excluding tert-OH is 1. The zero-order chi connectivity index (χ0) is 19.7. The average Bonchev–Trinajstić information content (AvgIpc) is 3.00. The van der Waals surface area contributed by atoms with Crippen molar-refractivity contribution >= 4 is 35.0 Å². The van der Waals surface area contributed by atoms with Gasteiger partial charge in [0.25, 0.3) is 5.78 Å². The van der Waals surface area contributed by atoms with E-state index >= 15 is 0 Å². The normalized spacial score (nSPS) is 18.5. The summed E-state index contributed by atoms with van der Waals surface area (Å²) in [7, 11) is 0. The number of amides is 1.